The van der Waals surface area contributed by atoms with Crippen molar-refractivity contribution in [2.75, 3.05) is 0 Å². The number of rotatable bonds is 0. The lowest BCUT2D eigenvalue weighted by atomic mass is 9.89. The number of fused-ring (bicyclic) bond motifs is 5. The molecule has 0 unspecified atom stereocenters. The van der Waals surface area contributed by atoms with E-state index < -0.39 is 0 Å². The maximum Gasteiger partial charge on any atom is 0.268 e. The zero-order valence-corrected chi connectivity index (χ0v) is 12.9. The molecule has 6 heteroatoms. The lowest BCUT2D eigenvalue weighted by Crippen LogP contribution is -2.32. The molecule has 0 saturated carbocycles. The summed E-state index contributed by atoms with van der Waals surface area (Å²) in [7, 11) is 0. The average molecular weight is 301 g/mol. The summed E-state index contributed by atoms with van der Waals surface area (Å²) in [6, 6.07) is 0. The molecule has 0 aromatic carbocycles. The van der Waals surface area contributed by atoms with Gasteiger partial charge in [0.1, 0.15) is 9.53 Å². The molecule has 3 aromatic heterocycles. The molecule has 0 saturated heterocycles. The molecular formula is C15H15N3O2S. The van der Waals surface area contributed by atoms with Crippen LogP contribution in [-0.2, 0) is 17.8 Å². The predicted molar refractivity (Wildman–Crippen MR) is 82.9 cm³/mol. The fourth-order valence-electron chi connectivity index (χ4n) is 2.98. The Balaban J connectivity index is 2.19. The Morgan fingerprint density at radius 2 is 2.19 bits per heavy atom. The van der Waals surface area contributed by atoms with E-state index in [0.29, 0.717) is 11.3 Å². The van der Waals surface area contributed by atoms with Gasteiger partial charge in [-0.25, -0.2) is 9.97 Å². The van der Waals surface area contributed by atoms with Gasteiger partial charge in [0.2, 0.25) is 0 Å². The van der Waals surface area contributed by atoms with Crippen LogP contribution in [0.1, 0.15) is 30.7 Å². The molecule has 0 bridgehead atoms. The van der Waals surface area contributed by atoms with Crippen molar-refractivity contribution in [2.24, 2.45) is 0 Å². The van der Waals surface area contributed by atoms with Crippen molar-refractivity contribution in [3.05, 3.63) is 33.5 Å². The first-order valence-corrected chi connectivity index (χ1v) is 7.70. The molecule has 0 aliphatic carbocycles. The van der Waals surface area contributed by atoms with Crippen molar-refractivity contribution in [1.82, 2.24) is 15.0 Å². The molecule has 3 aromatic rings. The summed E-state index contributed by atoms with van der Waals surface area (Å²) in [4.78, 5) is 24.6. The number of nitrogens with one attached hydrogen (secondary N) is 1. The van der Waals surface area contributed by atoms with Crippen molar-refractivity contribution in [2.45, 2.75) is 39.4 Å². The standard InChI is InChI=1S/C15H15N3O2S/c1-7-9-5-20-15(2,3)4-8(9)10-11-12(21-14(10)18-7)13(19)17-6-16-11/h6H,4-5H2,1-3H3,(H,16,17,19). The molecule has 0 atom stereocenters. The first kappa shape index (κ1) is 12.9. The maximum absolute atomic E-state index is 12.0. The third-order valence-electron chi connectivity index (χ3n) is 4.04. The molecule has 108 valence electrons. The second-order valence-electron chi connectivity index (χ2n) is 6.07. The van der Waals surface area contributed by atoms with E-state index in [-0.39, 0.29) is 11.2 Å². The quantitative estimate of drug-likeness (QED) is 0.693. The number of aromatic nitrogens is 3. The van der Waals surface area contributed by atoms with Crippen LogP contribution in [-0.4, -0.2) is 20.6 Å². The first-order chi connectivity index (χ1) is 9.96. The van der Waals surface area contributed by atoms with Gasteiger partial charge in [-0.3, -0.25) is 4.79 Å². The number of thiophene rings is 1. The number of nitrogens with zero attached hydrogens (tertiary/aromatic N) is 2. The van der Waals surface area contributed by atoms with Crippen molar-refractivity contribution in [1.29, 1.82) is 0 Å². The van der Waals surface area contributed by atoms with Crippen LogP contribution in [0.3, 0.4) is 0 Å². The molecule has 0 spiro atoms. The number of hydrogen-bond acceptors (Lipinski definition) is 5. The van der Waals surface area contributed by atoms with E-state index >= 15 is 0 Å². The van der Waals surface area contributed by atoms with E-state index in [2.05, 4.69) is 28.8 Å². The van der Waals surface area contributed by atoms with Gasteiger partial charge in [-0.05, 0) is 26.3 Å². The molecule has 0 fully saturated rings. The second kappa shape index (κ2) is 4.11. The number of aromatic amines is 1. The highest BCUT2D eigenvalue weighted by molar-refractivity contribution is 7.25. The Labute approximate surface area is 125 Å². The fraction of sp³-hybridized carbons (Fsp3) is 0.400. The highest BCUT2D eigenvalue weighted by atomic mass is 32.1. The van der Waals surface area contributed by atoms with Gasteiger partial charge in [-0.1, -0.05) is 0 Å². The van der Waals surface area contributed by atoms with Gasteiger partial charge in [0, 0.05) is 23.1 Å². The average Bonchev–Trinajstić information content (AvgIpc) is 2.77. The molecule has 0 radical (unpaired) electrons. The Morgan fingerprint density at radius 1 is 1.38 bits per heavy atom. The van der Waals surface area contributed by atoms with Crippen LogP contribution in [0.2, 0.25) is 0 Å². The largest absolute Gasteiger partial charge is 0.370 e. The Bertz CT molecular complexity index is 939. The fourth-order valence-corrected chi connectivity index (χ4v) is 4.08. The summed E-state index contributed by atoms with van der Waals surface area (Å²) in [5.41, 5.74) is 3.82. The number of hydrogen-bond donors (Lipinski definition) is 1. The van der Waals surface area contributed by atoms with Gasteiger partial charge in [0.15, 0.2) is 0 Å². The summed E-state index contributed by atoms with van der Waals surface area (Å²) in [6.07, 6.45) is 2.27. The van der Waals surface area contributed by atoms with Gasteiger partial charge in [0.05, 0.1) is 24.1 Å². The third-order valence-corrected chi connectivity index (χ3v) is 5.11. The molecule has 0 amide bonds. The van der Waals surface area contributed by atoms with Crippen LogP contribution in [0.15, 0.2) is 11.1 Å². The van der Waals surface area contributed by atoms with Gasteiger partial charge in [0.25, 0.3) is 5.56 Å². The van der Waals surface area contributed by atoms with Crippen molar-refractivity contribution in [3.8, 4) is 0 Å². The lowest BCUT2D eigenvalue weighted by molar-refractivity contribution is -0.0400. The van der Waals surface area contributed by atoms with E-state index in [9.17, 15) is 4.79 Å². The van der Waals surface area contributed by atoms with Crippen LogP contribution in [0.25, 0.3) is 20.4 Å². The topological polar surface area (TPSA) is 67.9 Å². The Morgan fingerprint density at radius 3 is 3.00 bits per heavy atom. The summed E-state index contributed by atoms with van der Waals surface area (Å²) in [5.74, 6) is 0. The number of H-pyrrole nitrogens is 1. The van der Waals surface area contributed by atoms with Crippen LogP contribution in [0.4, 0.5) is 0 Å². The van der Waals surface area contributed by atoms with Gasteiger partial charge < -0.3 is 9.72 Å². The van der Waals surface area contributed by atoms with Gasteiger partial charge in [-0.15, -0.1) is 11.3 Å². The highest BCUT2D eigenvalue weighted by Gasteiger charge is 2.30. The summed E-state index contributed by atoms with van der Waals surface area (Å²) >= 11 is 1.42. The SMILES string of the molecule is Cc1nc2sc3c(=O)[nH]cnc3c2c2c1COC(C)(C)C2. The third kappa shape index (κ3) is 1.82. The maximum atomic E-state index is 12.0. The minimum atomic E-state index is -0.205. The van der Waals surface area contributed by atoms with Crippen LogP contribution < -0.4 is 5.56 Å². The molecule has 4 rings (SSSR count). The number of pyridine rings is 1. The molecular weight excluding hydrogens is 286 g/mol. The molecule has 1 aliphatic heterocycles. The Hall–Kier alpha value is -1.79. The van der Waals surface area contributed by atoms with Crippen LogP contribution in [0.5, 0.6) is 0 Å². The highest BCUT2D eigenvalue weighted by Crippen LogP contribution is 2.39. The van der Waals surface area contributed by atoms with Crippen molar-refractivity contribution < 1.29 is 4.74 Å². The van der Waals surface area contributed by atoms with E-state index in [1.807, 2.05) is 6.92 Å². The van der Waals surface area contributed by atoms with Gasteiger partial charge in [-0.2, -0.15) is 0 Å². The van der Waals surface area contributed by atoms with E-state index in [1.165, 1.54) is 23.2 Å². The monoisotopic (exact) mass is 301 g/mol. The molecule has 21 heavy (non-hydrogen) atoms. The van der Waals surface area contributed by atoms with Crippen LogP contribution in [0, 0.1) is 6.92 Å². The molecule has 5 nitrogen and oxygen atoms in total. The minimum Gasteiger partial charge on any atom is -0.370 e. The smallest absolute Gasteiger partial charge is 0.268 e. The number of aryl methyl sites for hydroxylation is 1. The second-order valence-corrected chi connectivity index (χ2v) is 7.07. The minimum absolute atomic E-state index is 0.0966. The normalized spacial score (nSPS) is 17.3. The molecule has 4 heterocycles. The van der Waals surface area contributed by atoms with Gasteiger partial charge >= 0.3 is 0 Å². The predicted octanol–water partition coefficient (Wildman–Crippen LogP) is 2.69. The Kier molecular flexibility index (Phi) is 2.53. The summed E-state index contributed by atoms with van der Waals surface area (Å²) in [5, 5.41) is 1.03. The zero-order chi connectivity index (χ0) is 14.8. The summed E-state index contributed by atoms with van der Waals surface area (Å²) in [6.45, 7) is 6.75. The molecule has 1 N–H and O–H groups in total. The van der Waals surface area contributed by atoms with E-state index in [0.717, 1.165) is 33.4 Å². The van der Waals surface area contributed by atoms with Crippen LogP contribution >= 0.6 is 11.3 Å². The molecule has 1 aliphatic rings. The number of ether oxygens (including phenoxy) is 1. The van der Waals surface area contributed by atoms with Crippen molar-refractivity contribution >= 4 is 31.8 Å². The first-order valence-electron chi connectivity index (χ1n) is 6.88. The van der Waals surface area contributed by atoms with Crippen molar-refractivity contribution in [3.63, 3.8) is 0 Å². The summed E-state index contributed by atoms with van der Waals surface area (Å²) < 4.78 is 6.56. The van der Waals surface area contributed by atoms with E-state index in [4.69, 9.17) is 4.74 Å². The lowest BCUT2D eigenvalue weighted by Gasteiger charge is -2.32. The zero-order valence-electron chi connectivity index (χ0n) is 12.1. The van der Waals surface area contributed by atoms with E-state index in [1.54, 1.807) is 0 Å².